The van der Waals surface area contributed by atoms with E-state index >= 15 is 0 Å². The molecule has 1 aromatic carbocycles. The molecule has 0 aliphatic rings. The zero-order valence-corrected chi connectivity index (χ0v) is 9.96. The topological polar surface area (TPSA) is 39.2 Å². The van der Waals surface area contributed by atoms with Crippen molar-refractivity contribution < 1.29 is 22.0 Å². The van der Waals surface area contributed by atoms with Crippen LogP contribution >= 0.6 is 0 Å². The number of benzene rings is 1. The molecule has 102 valence electrons. The molecular weight excluding hydrogens is 262 g/mol. The fourth-order valence-electron chi connectivity index (χ4n) is 1.73. The van der Waals surface area contributed by atoms with Crippen molar-refractivity contribution in [2.45, 2.75) is 19.1 Å². The third-order valence-corrected chi connectivity index (χ3v) is 2.73. The Hall–Kier alpha value is -1.82. The summed E-state index contributed by atoms with van der Waals surface area (Å²) < 4.78 is 56.6. The summed E-state index contributed by atoms with van der Waals surface area (Å²) in [5, 5.41) is 0. The van der Waals surface area contributed by atoms with E-state index in [2.05, 4.69) is 0 Å². The highest BCUT2D eigenvalue weighted by molar-refractivity contribution is 5.33. The second-order valence-corrected chi connectivity index (χ2v) is 4.16. The van der Waals surface area contributed by atoms with Gasteiger partial charge in [0.1, 0.15) is 17.3 Å². The lowest BCUT2D eigenvalue weighted by Gasteiger charge is -2.13. The molecule has 0 amide bonds. The number of aryl methyl sites for hydroxylation is 1. The van der Waals surface area contributed by atoms with E-state index in [1.165, 1.54) is 6.07 Å². The van der Waals surface area contributed by atoms with E-state index in [9.17, 15) is 17.6 Å². The second-order valence-electron chi connectivity index (χ2n) is 4.16. The number of furan rings is 1. The van der Waals surface area contributed by atoms with Crippen LogP contribution in [-0.2, 0) is 6.18 Å². The van der Waals surface area contributed by atoms with Crippen molar-refractivity contribution in [3.63, 3.8) is 0 Å². The SMILES string of the molecule is Cc1ccc(C(N)c2cc(C(F)(F)F)ccc2F)o1. The second kappa shape index (κ2) is 4.70. The fraction of sp³-hybridized carbons (Fsp3) is 0.231. The Morgan fingerprint density at radius 1 is 1.16 bits per heavy atom. The molecule has 1 atom stereocenters. The van der Waals surface area contributed by atoms with Crippen LogP contribution in [0.1, 0.15) is 28.7 Å². The average Bonchev–Trinajstić information content (AvgIpc) is 2.74. The molecule has 0 bridgehead atoms. The van der Waals surface area contributed by atoms with E-state index in [0.717, 1.165) is 6.07 Å². The minimum absolute atomic E-state index is 0.218. The zero-order valence-electron chi connectivity index (χ0n) is 9.96. The van der Waals surface area contributed by atoms with E-state index in [0.29, 0.717) is 17.9 Å². The molecule has 2 N–H and O–H groups in total. The van der Waals surface area contributed by atoms with E-state index in [-0.39, 0.29) is 11.3 Å². The standard InChI is InChI=1S/C13H11F4NO/c1-7-2-5-11(19-7)12(18)9-6-8(13(15,16)17)3-4-10(9)14/h2-6,12H,18H2,1H3. The Morgan fingerprint density at radius 2 is 1.84 bits per heavy atom. The maximum absolute atomic E-state index is 13.6. The largest absolute Gasteiger partial charge is 0.464 e. The summed E-state index contributed by atoms with van der Waals surface area (Å²) in [6.07, 6.45) is -4.54. The molecule has 1 aromatic heterocycles. The van der Waals surface area contributed by atoms with Crippen molar-refractivity contribution in [2.24, 2.45) is 5.73 Å². The van der Waals surface area contributed by atoms with Gasteiger partial charge in [0, 0.05) is 5.56 Å². The summed E-state index contributed by atoms with van der Waals surface area (Å²) in [6, 6.07) is 4.20. The molecule has 2 rings (SSSR count). The summed E-state index contributed by atoms with van der Waals surface area (Å²) in [6.45, 7) is 1.67. The molecule has 19 heavy (non-hydrogen) atoms. The first kappa shape index (κ1) is 13.6. The van der Waals surface area contributed by atoms with Gasteiger partial charge in [0.25, 0.3) is 0 Å². The molecule has 0 aliphatic carbocycles. The normalized spacial score (nSPS) is 13.6. The summed E-state index contributed by atoms with van der Waals surface area (Å²) in [4.78, 5) is 0. The van der Waals surface area contributed by atoms with Crippen molar-refractivity contribution in [1.82, 2.24) is 0 Å². The van der Waals surface area contributed by atoms with E-state index < -0.39 is 23.6 Å². The summed E-state index contributed by atoms with van der Waals surface area (Å²) in [5.74, 6) is -0.0249. The predicted octanol–water partition coefficient (Wildman–Crippen LogP) is 3.79. The summed E-state index contributed by atoms with van der Waals surface area (Å²) in [7, 11) is 0. The minimum Gasteiger partial charge on any atom is -0.464 e. The molecule has 1 heterocycles. The minimum atomic E-state index is -4.54. The molecule has 2 aromatic rings. The highest BCUT2D eigenvalue weighted by atomic mass is 19.4. The van der Waals surface area contributed by atoms with Crippen LogP contribution in [0.25, 0.3) is 0 Å². The van der Waals surface area contributed by atoms with Crippen molar-refractivity contribution in [3.05, 3.63) is 58.8 Å². The number of alkyl halides is 3. The highest BCUT2D eigenvalue weighted by Crippen LogP contribution is 2.33. The number of rotatable bonds is 2. The van der Waals surface area contributed by atoms with Gasteiger partial charge in [-0.25, -0.2) is 4.39 Å². The van der Waals surface area contributed by atoms with E-state index in [1.807, 2.05) is 0 Å². The zero-order chi connectivity index (χ0) is 14.2. The summed E-state index contributed by atoms with van der Waals surface area (Å²) >= 11 is 0. The number of hydrogen-bond donors (Lipinski definition) is 1. The number of nitrogens with two attached hydrogens (primary N) is 1. The van der Waals surface area contributed by atoms with Crippen LogP contribution in [-0.4, -0.2) is 0 Å². The van der Waals surface area contributed by atoms with E-state index in [1.54, 1.807) is 13.0 Å². The lowest BCUT2D eigenvalue weighted by Crippen LogP contribution is -2.15. The van der Waals surface area contributed by atoms with Gasteiger partial charge in [-0.1, -0.05) is 0 Å². The van der Waals surface area contributed by atoms with Gasteiger partial charge in [-0.3, -0.25) is 0 Å². The third-order valence-electron chi connectivity index (χ3n) is 2.73. The van der Waals surface area contributed by atoms with Gasteiger partial charge in [-0.15, -0.1) is 0 Å². The van der Waals surface area contributed by atoms with Crippen LogP contribution < -0.4 is 5.73 Å². The molecule has 0 spiro atoms. The Balaban J connectivity index is 2.44. The van der Waals surface area contributed by atoms with Crippen molar-refractivity contribution in [1.29, 1.82) is 0 Å². The van der Waals surface area contributed by atoms with Gasteiger partial charge in [0.05, 0.1) is 11.6 Å². The third kappa shape index (κ3) is 2.78. The van der Waals surface area contributed by atoms with Gasteiger partial charge >= 0.3 is 6.18 Å². The number of halogens is 4. The van der Waals surface area contributed by atoms with Gasteiger partial charge < -0.3 is 10.2 Å². The van der Waals surface area contributed by atoms with Crippen LogP contribution in [0.2, 0.25) is 0 Å². The Labute approximate surface area is 106 Å². The van der Waals surface area contributed by atoms with Crippen LogP contribution in [0.3, 0.4) is 0 Å². The van der Waals surface area contributed by atoms with E-state index in [4.69, 9.17) is 10.2 Å². The first-order chi connectivity index (χ1) is 8.79. The fourth-order valence-corrected chi connectivity index (χ4v) is 1.73. The van der Waals surface area contributed by atoms with Gasteiger partial charge in [-0.05, 0) is 37.3 Å². The van der Waals surface area contributed by atoms with Crippen LogP contribution in [0, 0.1) is 12.7 Å². The molecule has 6 heteroatoms. The first-order valence-electron chi connectivity index (χ1n) is 5.47. The molecule has 1 unspecified atom stereocenters. The Bertz CT molecular complexity index is 589. The predicted molar refractivity (Wildman–Crippen MR) is 60.9 cm³/mol. The maximum Gasteiger partial charge on any atom is 0.416 e. The summed E-state index contributed by atoms with van der Waals surface area (Å²) in [5.41, 5.74) is 4.55. The molecule has 0 aliphatic heterocycles. The average molecular weight is 273 g/mol. The van der Waals surface area contributed by atoms with Crippen molar-refractivity contribution in [2.75, 3.05) is 0 Å². The van der Waals surface area contributed by atoms with Crippen LogP contribution in [0.5, 0.6) is 0 Å². The quantitative estimate of drug-likeness (QED) is 0.845. The van der Waals surface area contributed by atoms with Gasteiger partial charge in [0.15, 0.2) is 0 Å². The van der Waals surface area contributed by atoms with Gasteiger partial charge in [0.2, 0.25) is 0 Å². The lowest BCUT2D eigenvalue weighted by atomic mass is 10.0. The number of hydrogen-bond acceptors (Lipinski definition) is 2. The monoisotopic (exact) mass is 273 g/mol. The molecular formula is C13H11F4NO. The molecule has 0 radical (unpaired) electrons. The first-order valence-corrected chi connectivity index (χ1v) is 5.47. The molecule has 0 fully saturated rings. The maximum atomic E-state index is 13.6. The van der Waals surface area contributed by atoms with Gasteiger partial charge in [-0.2, -0.15) is 13.2 Å². The highest BCUT2D eigenvalue weighted by Gasteiger charge is 2.32. The van der Waals surface area contributed by atoms with Crippen LogP contribution in [0.15, 0.2) is 34.7 Å². The smallest absolute Gasteiger partial charge is 0.416 e. The molecule has 0 saturated heterocycles. The Morgan fingerprint density at radius 3 is 2.37 bits per heavy atom. The molecule has 0 saturated carbocycles. The lowest BCUT2D eigenvalue weighted by molar-refractivity contribution is -0.137. The molecule has 2 nitrogen and oxygen atoms in total. The van der Waals surface area contributed by atoms with Crippen LogP contribution in [0.4, 0.5) is 17.6 Å². The van der Waals surface area contributed by atoms with Crippen molar-refractivity contribution in [3.8, 4) is 0 Å². The Kier molecular flexibility index (Phi) is 3.36. The van der Waals surface area contributed by atoms with Crippen molar-refractivity contribution >= 4 is 0 Å².